The number of nitrogens with zero attached hydrogens (tertiary/aromatic N) is 1. The summed E-state index contributed by atoms with van der Waals surface area (Å²) in [4.78, 5) is 0.408. The molecule has 0 saturated heterocycles. The minimum Gasteiger partial charge on any atom is -0.346 e. The van der Waals surface area contributed by atoms with Crippen LogP contribution in [-0.4, -0.2) is 26.1 Å². The first-order valence-corrected chi connectivity index (χ1v) is 9.37. The van der Waals surface area contributed by atoms with Crippen molar-refractivity contribution >= 4 is 10.0 Å². The lowest BCUT2D eigenvalue weighted by molar-refractivity contribution is 0.260. The number of aromatic nitrogens is 1. The molecule has 3 rings (SSSR count). The van der Waals surface area contributed by atoms with Gasteiger partial charge in [0.25, 0.3) is 0 Å². The second-order valence-electron chi connectivity index (χ2n) is 6.44. The zero-order chi connectivity index (χ0) is 15.0. The summed E-state index contributed by atoms with van der Waals surface area (Å²) in [5.41, 5.74) is 1.05. The fourth-order valence-corrected chi connectivity index (χ4v) is 4.37. The molecule has 0 spiro atoms. The van der Waals surface area contributed by atoms with Gasteiger partial charge in [-0.15, -0.1) is 0 Å². The van der Waals surface area contributed by atoms with Gasteiger partial charge in [0.2, 0.25) is 10.0 Å². The first-order chi connectivity index (χ1) is 10.0. The van der Waals surface area contributed by atoms with Crippen molar-refractivity contribution in [3.63, 3.8) is 0 Å². The normalized spacial score (nSPS) is 21.2. The summed E-state index contributed by atoms with van der Waals surface area (Å²) in [6, 6.07) is 2.33. The molecule has 5 nitrogen and oxygen atoms in total. The minimum atomic E-state index is -3.41. The van der Waals surface area contributed by atoms with Gasteiger partial charge < -0.3 is 9.88 Å². The van der Waals surface area contributed by atoms with Gasteiger partial charge in [0.15, 0.2) is 0 Å². The Morgan fingerprint density at radius 1 is 1.33 bits per heavy atom. The molecule has 0 radical (unpaired) electrons. The highest BCUT2D eigenvalue weighted by Gasteiger charge is 2.31. The van der Waals surface area contributed by atoms with Crippen molar-refractivity contribution in [1.29, 1.82) is 0 Å². The molecule has 0 amide bonds. The van der Waals surface area contributed by atoms with E-state index < -0.39 is 10.0 Å². The van der Waals surface area contributed by atoms with Crippen molar-refractivity contribution in [2.75, 3.05) is 7.05 Å². The Hall–Kier alpha value is -0.850. The molecule has 1 aromatic heterocycles. The second-order valence-corrected chi connectivity index (χ2v) is 8.15. The van der Waals surface area contributed by atoms with Gasteiger partial charge in [0.05, 0.1) is 4.90 Å². The molecular weight excluding hydrogens is 286 g/mol. The van der Waals surface area contributed by atoms with E-state index in [2.05, 4.69) is 14.6 Å². The molecule has 118 valence electrons. The number of hydrogen-bond acceptors (Lipinski definition) is 3. The van der Waals surface area contributed by atoms with Crippen molar-refractivity contribution in [1.82, 2.24) is 14.6 Å². The van der Waals surface area contributed by atoms with Crippen LogP contribution in [0.15, 0.2) is 17.2 Å². The van der Waals surface area contributed by atoms with Crippen LogP contribution in [-0.2, 0) is 16.6 Å². The highest BCUT2D eigenvalue weighted by atomic mass is 32.2. The summed E-state index contributed by atoms with van der Waals surface area (Å²) < 4.78 is 30.1. The van der Waals surface area contributed by atoms with Crippen molar-refractivity contribution in [2.24, 2.45) is 5.92 Å². The molecule has 1 unspecified atom stereocenters. The molecule has 2 saturated carbocycles. The molecule has 2 aliphatic rings. The zero-order valence-corrected chi connectivity index (χ0v) is 13.6. The molecular formula is C15H25N3O2S. The molecule has 0 bridgehead atoms. The van der Waals surface area contributed by atoms with Gasteiger partial charge in [-0.1, -0.05) is 6.42 Å². The Morgan fingerprint density at radius 2 is 2.05 bits per heavy atom. The van der Waals surface area contributed by atoms with Crippen LogP contribution < -0.4 is 10.0 Å². The molecule has 1 aromatic rings. The minimum absolute atomic E-state index is 0.0285. The topological polar surface area (TPSA) is 63.1 Å². The molecule has 0 aromatic carbocycles. The lowest BCUT2D eigenvalue weighted by Gasteiger charge is -2.31. The van der Waals surface area contributed by atoms with Crippen LogP contribution in [0.4, 0.5) is 0 Å². The maximum absolute atomic E-state index is 12.6. The maximum atomic E-state index is 12.6. The van der Waals surface area contributed by atoms with E-state index in [0.29, 0.717) is 23.4 Å². The predicted octanol–water partition coefficient (Wildman–Crippen LogP) is 2.01. The molecule has 0 aliphatic heterocycles. The van der Waals surface area contributed by atoms with Crippen LogP contribution >= 0.6 is 0 Å². The van der Waals surface area contributed by atoms with Gasteiger partial charge in [0.1, 0.15) is 0 Å². The maximum Gasteiger partial charge on any atom is 0.242 e. The van der Waals surface area contributed by atoms with E-state index in [-0.39, 0.29) is 6.04 Å². The Balaban J connectivity index is 1.79. The van der Waals surface area contributed by atoms with Gasteiger partial charge in [-0.2, -0.15) is 0 Å². The number of nitrogens with one attached hydrogen (secondary N) is 2. The SMILES string of the molecule is CNCc1cc(S(=O)(=O)NC(C)C2CCC2)cn1C1CC1. The fraction of sp³-hybridized carbons (Fsp3) is 0.733. The van der Waals surface area contributed by atoms with E-state index >= 15 is 0 Å². The molecule has 2 aliphatic carbocycles. The Morgan fingerprint density at radius 3 is 2.57 bits per heavy atom. The highest BCUT2D eigenvalue weighted by molar-refractivity contribution is 7.89. The number of hydrogen-bond donors (Lipinski definition) is 2. The summed E-state index contributed by atoms with van der Waals surface area (Å²) >= 11 is 0. The largest absolute Gasteiger partial charge is 0.346 e. The summed E-state index contributed by atoms with van der Waals surface area (Å²) in [5.74, 6) is 0.502. The van der Waals surface area contributed by atoms with Crippen LogP contribution in [0, 0.1) is 5.92 Å². The lowest BCUT2D eigenvalue weighted by Crippen LogP contribution is -2.40. The van der Waals surface area contributed by atoms with Crippen molar-refractivity contribution < 1.29 is 8.42 Å². The Bertz CT molecular complexity index is 600. The first-order valence-electron chi connectivity index (χ1n) is 7.89. The highest BCUT2D eigenvalue weighted by Crippen LogP contribution is 2.37. The third kappa shape index (κ3) is 3.17. The van der Waals surface area contributed by atoms with E-state index in [4.69, 9.17) is 0 Å². The summed E-state index contributed by atoms with van der Waals surface area (Å²) in [7, 11) is -1.52. The van der Waals surface area contributed by atoms with Crippen molar-refractivity contribution in [3.05, 3.63) is 18.0 Å². The fourth-order valence-electron chi connectivity index (χ4n) is 3.01. The third-order valence-corrected chi connectivity index (χ3v) is 6.24. The van der Waals surface area contributed by atoms with Crippen LogP contribution in [0.2, 0.25) is 0 Å². The predicted molar refractivity (Wildman–Crippen MR) is 82.6 cm³/mol. The monoisotopic (exact) mass is 311 g/mol. The van der Waals surface area contributed by atoms with Crippen LogP contribution in [0.1, 0.15) is 50.8 Å². The number of sulfonamides is 1. The third-order valence-electron chi connectivity index (χ3n) is 4.71. The molecule has 6 heteroatoms. The lowest BCUT2D eigenvalue weighted by atomic mass is 9.81. The van der Waals surface area contributed by atoms with Gasteiger partial charge in [-0.3, -0.25) is 0 Å². The van der Waals surface area contributed by atoms with Crippen LogP contribution in [0.25, 0.3) is 0 Å². The zero-order valence-electron chi connectivity index (χ0n) is 12.8. The Kier molecular flexibility index (Phi) is 4.12. The van der Waals surface area contributed by atoms with E-state index in [1.807, 2.05) is 20.0 Å². The second kappa shape index (κ2) is 5.74. The van der Waals surface area contributed by atoms with E-state index in [1.165, 1.54) is 6.42 Å². The van der Waals surface area contributed by atoms with Crippen LogP contribution in [0.3, 0.4) is 0 Å². The summed E-state index contributed by atoms with van der Waals surface area (Å²) in [5, 5.41) is 3.11. The average Bonchev–Trinajstić information content (AvgIpc) is 3.08. The molecule has 21 heavy (non-hydrogen) atoms. The van der Waals surface area contributed by atoms with Crippen molar-refractivity contribution in [2.45, 2.75) is 62.6 Å². The molecule has 2 N–H and O–H groups in total. The number of rotatable bonds is 7. The van der Waals surface area contributed by atoms with E-state index in [1.54, 1.807) is 6.20 Å². The molecule has 2 fully saturated rings. The first kappa shape index (κ1) is 15.1. The molecule has 1 heterocycles. The van der Waals surface area contributed by atoms with Crippen molar-refractivity contribution in [3.8, 4) is 0 Å². The van der Waals surface area contributed by atoms with Crippen LogP contribution in [0.5, 0.6) is 0 Å². The van der Waals surface area contributed by atoms with Gasteiger partial charge in [-0.25, -0.2) is 13.1 Å². The quantitative estimate of drug-likeness (QED) is 0.809. The average molecular weight is 311 g/mol. The smallest absolute Gasteiger partial charge is 0.242 e. The van der Waals surface area contributed by atoms with E-state index in [0.717, 1.165) is 31.4 Å². The van der Waals surface area contributed by atoms with Gasteiger partial charge in [-0.05, 0) is 51.6 Å². The van der Waals surface area contributed by atoms with Gasteiger partial charge in [0, 0.05) is 30.5 Å². The summed E-state index contributed by atoms with van der Waals surface area (Å²) in [6.07, 6.45) is 7.60. The molecule has 1 atom stereocenters. The standard InChI is InChI=1S/C15H25N3O2S/c1-11(12-4-3-5-12)17-21(19,20)15-8-14(9-16-2)18(10-15)13-6-7-13/h8,10-13,16-17H,3-7,9H2,1-2H3. The van der Waals surface area contributed by atoms with Gasteiger partial charge >= 0.3 is 0 Å². The Labute approximate surface area is 127 Å². The summed E-state index contributed by atoms with van der Waals surface area (Å²) in [6.45, 7) is 2.68. The van der Waals surface area contributed by atoms with E-state index in [9.17, 15) is 8.42 Å².